The zero-order chi connectivity index (χ0) is 24.2. The van der Waals surface area contributed by atoms with E-state index in [0.29, 0.717) is 37.7 Å². The lowest BCUT2D eigenvalue weighted by molar-refractivity contribution is -0.123. The minimum absolute atomic E-state index is 0.000834. The maximum Gasteiger partial charge on any atom is 0.253 e. The van der Waals surface area contributed by atoms with Crippen molar-refractivity contribution in [2.75, 3.05) is 19.6 Å². The Bertz CT molecular complexity index is 1150. The van der Waals surface area contributed by atoms with Gasteiger partial charge in [-0.1, -0.05) is 24.3 Å². The first-order valence-electron chi connectivity index (χ1n) is 12.3. The van der Waals surface area contributed by atoms with Crippen LogP contribution < -0.4 is 5.32 Å². The maximum absolute atomic E-state index is 13.2. The molecule has 35 heavy (non-hydrogen) atoms. The topological polar surface area (TPSA) is 65.8 Å². The number of hydrogen-bond acceptors (Lipinski definition) is 4. The molecule has 0 radical (unpaired) electrons. The second kappa shape index (κ2) is 10.4. The fourth-order valence-corrected chi connectivity index (χ4v) is 5.36. The quantitative estimate of drug-likeness (QED) is 0.576. The van der Waals surface area contributed by atoms with Gasteiger partial charge in [-0.25, -0.2) is 4.39 Å². The van der Waals surface area contributed by atoms with Crippen LogP contribution in [0.2, 0.25) is 0 Å². The molecule has 2 amide bonds. The SMILES string of the molecule is O=C(CC1c2ccccc2CCN1C1CCN(C(=O)c2ccc(F)cc2)CC1)NCc1ccco1. The highest BCUT2D eigenvalue weighted by molar-refractivity contribution is 5.94. The lowest BCUT2D eigenvalue weighted by Crippen LogP contribution is -2.50. The van der Waals surface area contributed by atoms with E-state index in [1.165, 1.54) is 23.3 Å². The summed E-state index contributed by atoms with van der Waals surface area (Å²) in [5, 5.41) is 2.99. The molecule has 0 aliphatic carbocycles. The number of nitrogens with zero attached hydrogens (tertiary/aromatic N) is 2. The first-order valence-corrected chi connectivity index (χ1v) is 12.3. The highest BCUT2D eigenvalue weighted by atomic mass is 19.1. The molecule has 2 aromatic carbocycles. The number of fused-ring (bicyclic) bond motifs is 1. The number of hydrogen-bond donors (Lipinski definition) is 1. The molecule has 5 rings (SSSR count). The van der Waals surface area contributed by atoms with Crippen LogP contribution in [0.3, 0.4) is 0 Å². The highest BCUT2D eigenvalue weighted by Crippen LogP contribution is 2.36. The Kier molecular flexibility index (Phi) is 6.95. The Morgan fingerprint density at radius 2 is 1.74 bits per heavy atom. The van der Waals surface area contributed by atoms with Crippen LogP contribution in [0.25, 0.3) is 0 Å². The standard InChI is InChI=1S/C28H30FN3O3/c29-22-9-7-21(8-10-22)28(34)31-14-12-23(13-15-31)32-16-11-20-4-1-2-6-25(20)26(32)18-27(33)30-19-24-5-3-17-35-24/h1-10,17,23,26H,11-16,18-19H2,(H,30,33). The molecule has 1 atom stereocenters. The van der Waals surface area contributed by atoms with Crippen LogP contribution in [0.4, 0.5) is 4.39 Å². The minimum atomic E-state index is -0.343. The number of amides is 2. The zero-order valence-electron chi connectivity index (χ0n) is 19.7. The monoisotopic (exact) mass is 475 g/mol. The van der Waals surface area contributed by atoms with Crippen molar-refractivity contribution in [2.45, 2.75) is 44.3 Å². The van der Waals surface area contributed by atoms with E-state index in [2.05, 4.69) is 28.4 Å². The van der Waals surface area contributed by atoms with Gasteiger partial charge in [0.15, 0.2) is 0 Å². The van der Waals surface area contributed by atoms with E-state index >= 15 is 0 Å². The van der Waals surface area contributed by atoms with Crippen molar-refractivity contribution >= 4 is 11.8 Å². The van der Waals surface area contributed by atoms with Crippen molar-refractivity contribution in [3.05, 3.63) is 95.2 Å². The normalized spacial score (nSPS) is 18.8. The lowest BCUT2D eigenvalue weighted by atomic mass is 9.87. The molecule has 2 aliphatic heterocycles. The summed E-state index contributed by atoms with van der Waals surface area (Å²) in [7, 11) is 0. The number of rotatable bonds is 6. The Balaban J connectivity index is 1.25. The van der Waals surface area contributed by atoms with Gasteiger partial charge in [-0.05, 0) is 66.8 Å². The van der Waals surface area contributed by atoms with Gasteiger partial charge in [0.05, 0.1) is 12.8 Å². The molecular formula is C28H30FN3O3. The third kappa shape index (κ3) is 5.30. The fraction of sp³-hybridized carbons (Fsp3) is 0.357. The average molecular weight is 476 g/mol. The molecule has 1 aromatic heterocycles. The summed E-state index contributed by atoms with van der Waals surface area (Å²) in [6, 6.07) is 18.1. The van der Waals surface area contributed by atoms with Crippen molar-refractivity contribution < 1.29 is 18.4 Å². The predicted molar refractivity (Wildman–Crippen MR) is 130 cm³/mol. The van der Waals surface area contributed by atoms with Crippen molar-refractivity contribution in [1.29, 1.82) is 0 Å². The van der Waals surface area contributed by atoms with Crippen molar-refractivity contribution in [3.8, 4) is 0 Å². The van der Waals surface area contributed by atoms with Crippen LogP contribution in [0.5, 0.6) is 0 Å². The van der Waals surface area contributed by atoms with Crippen molar-refractivity contribution in [2.24, 2.45) is 0 Å². The van der Waals surface area contributed by atoms with Gasteiger partial charge in [-0.2, -0.15) is 0 Å². The predicted octanol–water partition coefficient (Wildman–Crippen LogP) is 4.33. The molecule has 2 aliphatic rings. The van der Waals surface area contributed by atoms with E-state index in [-0.39, 0.29) is 23.7 Å². The molecule has 1 unspecified atom stereocenters. The first kappa shape index (κ1) is 23.3. The van der Waals surface area contributed by atoms with Crippen molar-refractivity contribution in [1.82, 2.24) is 15.1 Å². The van der Waals surface area contributed by atoms with E-state index in [0.717, 1.165) is 31.6 Å². The summed E-state index contributed by atoms with van der Waals surface area (Å²) in [5.74, 6) is 0.334. The third-order valence-corrected chi connectivity index (χ3v) is 7.18. The van der Waals surface area contributed by atoms with Gasteiger partial charge >= 0.3 is 0 Å². The van der Waals surface area contributed by atoms with Crippen LogP contribution in [-0.2, 0) is 17.8 Å². The number of carbonyl (C=O) groups excluding carboxylic acids is 2. The van der Waals surface area contributed by atoms with Gasteiger partial charge in [-0.3, -0.25) is 14.5 Å². The third-order valence-electron chi connectivity index (χ3n) is 7.18. The van der Waals surface area contributed by atoms with E-state index < -0.39 is 0 Å². The molecule has 0 bridgehead atoms. The van der Waals surface area contributed by atoms with Gasteiger partial charge in [0.1, 0.15) is 11.6 Å². The summed E-state index contributed by atoms with van der Waals surface area (Å²) in [6.07, 6.45) is 4.63. The smallest absolute Gasteiger partial charge is 0.253 e. The molecule has 3 heterocycles. The van der Waals surface area contributed by atoms with E-state index in [1.54, 1.807) is 18.4 Å². The molecule has 6 nitrogen and oxygen atoms in total. The number of halogens is 1. The number of benzene rings is 2. The van der Waals surface area contributed by atoms with Crippen LogP contribution in [0.1, 0.15) is 52.5 Å². The molecule has 7 heteroatoms. The number of furan rings is 1. The molecule has 3 aromatic rings. The summed E-state index contributed by atoms with van der Waals surface area (Å²) in [5.41, 5.74) is 3.04. The molecule has 1 saturated heterocycles. The fourth-order valence-electron chi connectivity index (χ4n) is 5.36. The number of piperidine rings is 1. The maximum atomic E-state index is 13.2. The summed E-state index contributed by atoms with van der Waals surface area (Å²) >= 11 is 0. The van der Waals surface area contributed by atoms with Crippen molar-refractivity contribution in [3.63, 3.8) is 0 Å². The Morgan fingerprint density at radius 1 is 0.971 bits per heavy atom. The van der Waals surface area contributed by atoms with Gasteiger partial charge in [0, 0.05) is 43.7 Å². The summed E-state index contributed by atoms with van der Waals surface area (Å²) in [4.78, 5) is 30.1. The lowest BCUT2D eigenvalue weighted by Gasteiger charge is -2.45. The highest BCUT2D eigenvalue weighted by Gasteiger charge is 2.36. The Hall–Kier alpha value is -3.45. The molecule has 1 N–H and O–H groups in total. The zero-order valence-corrected chi connectivity index (χ0v) is 19.7. The first-order chi connectivity index (χ1) is 17.1. The van der Waals surface area contributed by atoms with Crippen LogP contribution in [0.15, 0.2) is 71.3 Å². The Morgan fingerprint density at radius 3 is 2.49 bits per heavy atom. The van der Waals surface area contributed by atoms with Gasteiger partial charge in [0.25, 0.3) is 5.91 Å². The van der Waals surface area contributed by atoms with Crippen LogP contribution >= 0.6 is 0 Å². The summed E-state index contributed by atoms with van der Waals surface area (Å²) in [6.45, 7) is 2.57. The van der Waals surface area contributed by atoms with Crippen LogP contribution in [-0.4, -0.2) is 47.3 Å². The molecule has 0 saturated carbocycles. The molecule has 1 fully saturated rings. The Labute approximate surface area is 204 Å². The largest absolute Gasteiger partial charge is 0.467 e. The molecule has 0 spiro atoms. The van der Waals surface area contributed by atoms with E-state index in [4.69, 9.17) is 4.42 Å². The van der Waals surface area contributed by atoms with E-state index in [9.17, 15) is 14.0 Å². The van der Waals surface area contributed by atoms with Crippen LogP contribution in [0, 0.1) is 5.82 Å². The summed E-state index contributed by atoms with van der Waals surface area (Å²) < 4.78 is 18.6. The molecule has 182 valence electrons. The van der Waals surface area contributed by atoms with Gasteiger partial charge < -0.3 is 14.6 Å². The number of carbonyl (C=O) groups is 2. The average Bonchev–Trinajstić information content (AvgIpc) is 3.42. The number of likely N-dealkylation sites (tertiary alicyclic amines) is 1. The molecular weight excluding hydrogens is 445 g/mol. The second-order valence-electron chi connectivity index (χ2n) is 9.29. The second-order valence-corrected chi connectivity index (χ2v) is 9.29. The van der Waals surface area contributed by atoms with E-state index in [1.807, 2.05) is 23.1 Å². The minimum Gasteiger partial charge on any atom is -0.467 e. The van der Waals surface area contributed by atoms with Gasteiger partial charge in [0.2, 0.25) is 5.91 Å². The number of nitrogens with one attached hydrogen (secondary N) is 1. The van der Waals surface area contributed by atoms with Gasteiger partial charge in [-0.15, -0.1) is 0 Å².